The Kier molecular flexibility index (Phi) is 2.72. The lowest BCUT2D eigenvalue weighted by molar-refractivity contribution is 0.418. The van der Waals surface area contributed by atoms with Gasteiger partial charge in [0.1, 0.15) is 5.82 Å². The number of piperidine rings is 1. The van der Waals surface area contributed by atoms with Gasteiger partial charge >= 0.3 is 0 Å². The molecule has 1 aromatic rings. The van der Waals surface area contributed by atoms with E-state index < -0.39 is 0 Å². The average molecular weight is 194 g/mol. The van der Waals surface area contributed by atoms with Crippen molar-refractivity contribution in [2.24, 2.45) is 18.7 Å². The highest BCUT2D eigenvalue weighted by Crippen LogP contribution is 2.21. The topological polar surface area (TPSA) is 47.1 Å². The van der Waals surface area contributed by atoms with Crippen LogP contribution in [0, 0.1) is 5.92 Å². The molecular formula is C10H18N4. The fourth-order valence-corrected chi connectivity index (χ4v) is 2.14. The van der Waals surface area contributed by atoms with Gasteiger partial charge in [0.15, 0.2) is 0 Å². The van der Waals surface area contributed by atoms with Crippen molar-refractivity contribution < 1.29 is 0 Å². The van der Waals surface area contributed by atoms with Crippen LogP contribution in [0.5, 0.6) is 0 Å². The number of nitrogens with zero attached hydrogens (tertiary/aromatic N) is 3. The fraction of sp³-hybridized carbons (Fsp3) is 0.700. The minimum Gasteiger partial charge on any atom is -0.357 e. The summed E-state index contributed by atoms with van der Waals surface area (Å²) in [5.41, 5.74) is 5.71. The Hall–Kier alpha value is -1.03. The Morgan fingerprint density at radius 3 is 3.14 bits per heavy atom. The molecule has 2 N–H and O–H groups in total. The largest absolute Gasteiger partial charge is 0.357 e. The first-order valence-electron chi connectivity index (χ1n) is 5.24. The van der Waals surface area contributed by atoms with Gasteiger partial charge in [0.05, 0.1) is 6.20 Å². The molecule has 1 atom stereocenters. The molecule has 4 nitrogen and oxygen atoms in total. The highest BCUT2D eigenvalue weighted by molar-refractivity contribution is 5.38. The second kappa shape index (κ2) is 4.00. The molecule has 78 valence electrons. The number of rotatable bonds is 2. The van der Waals surface area contributed by atoms with Gasteiger partial charge in [-0.2, -0.15) is 5.10 Å². The molecule has 1 aliphatic heterocycles. The van der Waals surface area contributed by atoms with E-state index in [1.54, 1.807) is 0 Å². The van der Waals surface area contributed by atoms with Crippen LogP contribution in [0.25, 0.3) is 0 Å². The van der Waals surface area contributed by atoms with Crippen LogP contribution in [0.4, 0.5) is 5.82 Å². The predicted octanol–water partition coefficient (Wildman–Crippen LogP) is 0.595. The molecule has 2 rings (SSSR count). The van der Waals surface area contributed by atoms with Crippen molar-refractivity contribution in [2.45, 2.75) is 12.8 Å². The summed E-state index contributed by atoms with van der Waals surface area (Å²) in [7, 11) is 1.99. The van der Waals surface area contributed by atoms with Gasteiger partial charge in [-0.15, -0.1) is 0 Å². The lowest BCUT2D eigenvalue weighted by Gasteiger charge is -2.33. The van der Waals surface area contributed by atoms with E-state index in [0.717, 1.165) is 19.6 Å². The lowest BCUT2D eigenvalue weighted by Crippen LogP contribution is -2.39. The number of aryl methyl sites for hydroxylation is 1. The van der Waals surface area contributed by atoms with Gasteiger partial charge in [-0.25, -0.2) is 0 Å². The first-order chi connectivity index (χ1) is 6.81. The van der Waals surface area contributed by atoms with Gasteiger partial charge < -0.3 is 10.6 Å². The van der Waals surface area contributed by atoms with Crippen molar-refractivity contribution in [2.75, 3.05) is 24.5 Å². The second-order valence-corrected chi connectivity index (χ2v) is 4.00. The van der Waals surface area contributed by atoms with Gasteiger partial charge in [0, 0.05) is 26.2 Å². The fourth-order valence-electron chi connectivity index (χ4n) is 2.14. The van der Waals surface area contributed by atoms with Crippen LogP contribution in [-0.2, 0) is 7.05 Å². The van der Waals surface area contributed by atoms with Gasteiger partial charge in [-0.3, -0.25) is 4.68 Å². The molecule has 0 aliphatic carbocycles. The molecule has 0 radical (unpaired) electrons. The van der Waals surface area contributed by atoms with Crippen LogP contribution in [-0.4, -0.2) is 29.4 Å². The average Bonchev–Trinajstić information content (AvgIpc) is 2.65. The Bertz CT molecular complexity index is 294. The molecule has 0 aromatic carbocycles. The molecule has 0 saturated carbocycles. The van der Waals surface area contributed by atoms with E-state index in [9.17, 15) is 0 Å². The summed E-state index contributed by atoms with van der Waals surface area (Å²) in [6, 6.07) is 2.07. The zero-order valence-electron chi connectivity index (χ0n) is 8.69. The summed E-state index contributed by atoms with van der Waals surface area (Å²) in [6.45, 7) is 3.01. The third-order valence-corrected chi connectivity index (χ3v) is 2.97. The van der Waals surface area contributed by atoms with Gasteiger partial charge in [0.25, 0.3) is 0 Å². The van der Waals surface area contributed by atoms with Crippen LogP contribution in [0.2, 0.25) is 0 Å². The van der Waals surface area contributed by atoms with Crippen molar-refractivity contribution in [1.82, 2.24) is 9.78 Å². The maximum absolute atomic E-state index is 5.71. The lowest BCUT2D eigenvalue weighted by atomic mass is 9.98. The highest BCUT2D eigenvalue weighted by Gasteiger charge is 2.20. The summed E-state index contributed by atoms with van der Waals surface area (Å²) in [5, 5.41) is 4.19. The van der Waals surface area contributed by atoms with Crippen molar-refractivity contribution in [1.29, 1.82) is 0 Å². The van der Waals surface area contributed by atoms with E-state index in [2.05, 4.69) is 16.1 Å². The molecule has 14 heavy (non-hydrogen) atoms. The number of hydrogen-bond donors (Lipinski definition) is 1. The number of hydrogen-bond acceptors (Lipinski definition) is 3. The van der Waals surface area contributed by atoms with E-state index in [1.165, 1.54) is 18.7 Å². The molecule has 0 bridgehead atoms. The summed E-state index contributed by atoms with van der Waals surface area (Å²) in [5.74, 6) is 1.86. The third kappa shape index (κ3) is 1.75. The standard InChI is InChI=1S/C10H18N4/c1-13-10(4-5-12-13)14-6-2-3-9(7-11)8-14/h4-5,9H,2-3,6-8,11H2,1H3. The van der Waals surface area contributed by atoms with E-state index in [4.69, 9.17) is 5.73 Å². The zero-order valence-corrected chi connectivity index (χ0v) is 8.69. The van der Waals surface area contributed by atoms with Gasteiger partial charge in [-0.05, 0) is 25.3 Å². The summed E-state index contributed by atoms with van der Waals surface area (Å²) in [6.07, 6.45) is 4.36. The highest BCUT2D eigenvalue weighted by atomic mass is 15.4. The first kappa shape index (κ1) is 9.52. The minimum absolute atomic E-state index is 0.652. The smallest absolute Gasteiger partial charge is 0.126 e. The normalized spacial score (nSPS) is 22.7. The Labute approximate surface area is 84.7 Å². The molecule has 1 unspecified atom stereocenters. The summed E-state index contributed by atoms with van der Waals surface area (Å²) >= 11 is 0. The number of nitrogens with two attached hydrogens (primary N) is 1. The monoisotopic (exact) mass is 194 g/mol. The quantitative estimate of drug-likeness (QED) is 0.749. The van der Waals surface area contributed by atoms with Crippen molar-refractivity contribution in [3.05, 3.63) is 12.3 Å². The summed E-state index contributed by atoms with van der Waals surface area (Å²) in [4.78, 5) is 2.38. The van der Waals surface area contributed by atoms with E-state index >= 15 is 0 Å². The minimum atomic E-state index is 0.652. The zero-order chi connectivity index (χ0) is 9.97. The maximum Gasteiger partial charge on any atom is 0.126 e. The molecule has 2 heterocycles. The van der Waals surface area contributed by atoms with Crippen molar-refractivity contribution >= 4 is 5.82 Å². The molecule has 1 aliphatic rings. The molecule has 1 fully saturated rings. The molecule has 1 saturated heterocycles. The summed E-state index contributed by atoms with van der Waals surface area (Å²) < 4.78 is 1.93. The number of aromatic nitrogens is 2. The predicted molar refractivity (Wildman–Crippen MR) is 57.2 cm³/mol. The molecule has 4 heteroatoms. The van der Waals surface area contributed by atoms with Crippen LogP contribution in [0.1, 0.15) is 12.8 Å². The Morgan fingerprint density at radius 2 is 2.50 bits per heavy atom. The van der Waals surface area contributed by atoms with Crippen LogP contribution >= 0.6 is 0 Å². The van der Waals surface area contributed by atoms with E-state index in [1.807, 2.05) is 17.9 Å². The Morgan fingerprint density at radius 1 is 1.64 bits per heavy atom. The third-order valence-electron chi connectivity index (χ3n) is 2.97. The second-order valence-electron chi connectivity index (χ2n) is 4.00. The van der Waals surface area contributed by atoms with Gasteiger partial charge in [-0.1, -0.05) is 0 Å². The molecule has 1 aromatic heterocycles. The van der Waals surface area contributed by atoms with Crippen LogP contribution < -0.4 is 10.6 Å². The number of anilines is 1. The molecule has 0 spiro atoms. The van der Waals surface area contributed by atoms with E-state index in [-0.39, 0.29) is 0 Å². The Balaban J connectivity index is 2.08. The molecular weight excluding hydrogens is 176 g/mol. The van der Waals surface area contributed by atoms with Gasteiger partial charge in [0.2, 0.25) is 0 Å². The van der Waals surface area contributed by atoms with Crippen LogP contribution in [0.15, 0.2) is 12.3 Å². The maximum atomic E-state index is 5.71. The van der Waals surface area contributed by atoms with Crippen molar-refractivity contribution in [3.63, 3.8) is 0 Å². The van der Waals surface area contributed by atoms with Crippen molar-refractivity contribution in [3.8, 4) is 0 Å². The molecule has 0 amide bonds. The van der Waals surface area contributed by atoms with Crippen LogP contribution in [0.3, 0.4) is 0 Å². The SMILES string of the molecule is Cn1nccc1N1CCCC(CN)C1. The van der Waals surface area contributed by atoms with E-state index in [0.29, 0.717) is 5.92 Å². The first-order valence-corrected chi connectivity index (χ1v) is 5.24.